The summed E-state index contributed by atoms with van der Waals surface area (Å²) in [5, 5.41) is 18.8. The molecule has 0 amide bonds. The minimum atomic E-state index is -0.471. The van der Waals surface area contributed by atoms with Crippen molar-refractivity contribution >= 4 is 15.9 Å². The molecule has 0 aromatic heterocycles. The number of rotatable bonds is 3. The summed E-state index contributed by atoms with van der Waals surface area (Å²) in [6.45, 7) is 1.68. The maximum Gasteiger partial charge on any atom is 0.136 e. The number of halogens is 1. The molecular weight excluding hydrogens is 248 g/mol. The highest BCUT2D eigenvalue weighted by molar-refractivity contribution is 9.10. The standard InChI is InChI=1S/C10H13BrO3/c1-6(12)3-7-4-8(11)10(14-2)5-9(7)13/h4-6,12-13H,3H2,1-2H3. The summed E-state index contributed by atoms with van der Waals surface area (Å²) < 4.78 is 5.79. The molecule has 0 aliphatic carbocycles. The normalized spacial score (nSPS) is 12.6. The second kappa shape index (κ2) is 4.66. The van der Waals surface area contributed by atoms with Gasteiger partial charge in [0.05, 0.1) is 17.7 Å². The van der Waals surface area contributed by atoms with Crippen molar-refractivity contribution in [1.82, 2.24) is 0 Å². The maximum absolute atomic E-state index is 9.58. The SMILES string of the molecule is COc1cc(O)c(CC(C)O)cc1Br. The number of hydrogen-bond acceptors (Lipinski definition) is 3. The molecular formula is C10H13BrO3. The average Bonchev–Trinajstić information content (AvgIpc) is 2.10. The average molecular weight is 261 g/mol. The third-order valence-electron chi connectivity index (χ3n) is 1.87. The molecule has 0 radical (unpaired) electrons. The molecule has 1 rings (SSSR count). The first kappa shape index (κ1) is 11.3. The third-order valence-corrected chi connectivity index (χ3v) is 2.49. The topological polar surface area (TPSA) is 49.7 Å². The lowest BCUT2D eigenvalue weighted by Gasteiger charge is -2.10. The summed E-state index contributed by atoms with van der Waals surface area (Å²) in [5.74, 6) is 0.725. The second-order valence-electron chi connectivity index (χ2n) is 3.17. The zero-order valence-corrected chi connectivity index (χ0v) is 9.71. The van der Waals surface area contributed by atoms with Crippen LogP contribution in [0.2, 0.25) is 0 Å². The van der Waals surface area contributed by atoms with Crippen LogP contribution in [0.5, 0.6) is 11.5 Å². The van der Waals surface area contributed by atoms with Gasteiger partial charge in [-0.1, -0.05) is 0 Å². The van der Waals surface area contributed by atoms with Crippen LogP contribution in [0, 0.1) is 0 Å². The predicted molar refractivity (Wildman–Crippen MR) is 57.7 cm³/mol. The first-order valence-corrected chi connectivity index (χ1v) is 5.07. The van der Waals surface area contributed by atoms with Gasteiger partial charge in [0, 0.05) is 12.5 Å². The van der Waals surface area contributed by atoms with E-state index in [0.29, 0.717) is 17.7 Å². The van der Waals surface area contributed by atoms with Gasteiger partial charge in [-0.25, -0.2) is 0 Å². The van der Waals surface area contributed by atoms with E-state index in [-0.39, 0.29) is 5.75 Å². The monoisotopic (exact) mass is 260 g/mol. The Bertz CT molecular complexity index is 323. The molecule has 1 aromatic rings. The van der Waals surface area contributed by atoms with Gasteiger partial charge in [-0.3, -0.25) is 0 Å². The lowest BCUT2D eigenvalue weighted by Crippen LogP contribution is -2.04. The first-order chi connectivity index (χ1) is 6.54. The van der Waals surface area contributed by atoms with Gasteiger partial charge in [-0.2, -0.15) is 0 Å². The van der Waals surface area contributed by atoms with Gasteiger partial charge in [-0.15, -0.1) is 0 Å². The predicted octanol–water partition coefficient (Wildman–Crippen LogP) is 2.09. The Balaban J connectivity index is 3.02. The Morgan fingerprint density at radius 2 is 2.14 bits per heavy atom. The number of benzene rings is 1. The van der Waals surface area contributed by atoms with Crippen LogP contribution in [0.3, 0.4) is 0 Å². The lowest BCUT2D eigenvalue weighted by atomic mass is 10.1. The fraction of sp³-hybridized carbons (Fsp3) is 0.400. The Morgan fingerprint density at radius 3 is 2.64 bits per heavy atom. The fourth-order valence-corrected chi connectivity index (χ4v) is 1.77. The Morgan fingerprint density at radius 1 is 1.50 bits per heavy atom. The van der Waals surface area contributed by atoms with Gasteiger partial charge in [0.1, 0.15) is 11.5 Å². The van der Waals surface area contributed by atoms with E-state index in [1.807, 2.05) is 0 Å². The van der Waals surface area contributed by atoms with E-state index in [1.54, 1.807) is 13.0 Å². The zero-order valence-electron chi connectivity index (χ0n) is 8.12. The van der Waals surface area contributed by atoms with Crippen molar-refractivity contribution in [2.75, 3.05) is 7.11 Å². The quantitative estimate of drug-likeness (QED) is 0.875. The second-order valence-corrected chi connectivity index (χ2v) is 4.02. The molecule has 14 heavy (non-hydrogen) atoms. The Labute approximate surface area is 91.5 Å². The van der Waals surface area contributed by atoms with Crippen LogP contribution < -0.4 is 4.74 Å². The molecule has 1 unspecified atom stereocenters. The zero-order chi connectivity index (χ0) is 10.7. The number of hydrogen-bond donors (Lipinski definition) is 2. The van der Waals surface area contributed by atoms with Crippen molar-refractivity contribution in [1.29, 1.82) is 0 Å². The molecule has 3 nitrogen and oxygen atoms in total. The number of ether oxygens (including phenoxy) is 1. The van der Waals surface area contributed by atoms with E-state index in [9.17, 15) is 10.2 Å². The molecule has 0 saturated heterocycles. The third kappa shape index (κ3) is 2.62. The highest BCUT2D eigenvalue weighted by Crippen LogP contribution is 2.32. The number of aliphatic hydroxyl groups is 1. The molecule has 0 bridgehead atoms. The van der Waals surface area contributed by atoms with E-state index < -0.39 is 6.10 Å². The number of phenols is 1. The fourth-order valence-electron chi connectivity index (χ4n) is 1.22. The Kier molecular flexibility index (Phi) is 3.77. The largest absolute Gasteiger partial charge is 0.508 e. The van der Waals surface area contributed by atoms with E-state index >= 15 is 0 Å². The Hall–Kier alpha value is -0.740. The number of aliphatic hydroxyl groups excluding tert-OH is 1. The molecule has 0 heterocycles. The number of phenolic OH excluding ortho intramolecular Hbond substituents is 1. The van der Waals surface area contributed by atoms with E-state index in [0.717, 1.165) is 4.47 Å². The summed E-state index contributed by atoms with van der Waals surface area (Å²) in [7, 11) is 1.54. The minimum absolute atomic E-state index is 0.144. The maximum atomic E-state index is 9.58. The van der Waals surface area contributed by atoms with Crippen LogP contribution in [-0.2, 0) is 6.42 Å². The molecule has 0 saturated carbocycles. The minimum Gasteiger partial charge on any atom is -0.508 e. The highest BCUT2D eigenvalue weighted by Gasteiger charge is 2.09. The molecule has 1 aromatic carbocycles. The lowest BCUT2D eigenvalue weighted by molar-refractivity contribution is 0.194. The van der Waals surface area contributed by atoms with Gasteiger partial charge < -0.3 is 14.9 Å². The number of methoxy groups -OCH3 is 1. The van der Waals surface area contributed by atoms with Crippen LogP contribution in [0.1, 0.15) is 12.5 Å². The highest BCUT2D eigenvalue weighted by atomic mass is 79.9. The van der Waals surface area contributed by atoms with Gasteiger partial charge >= 0.3 is 0 Å². The van der Waals surface area contributed by atoms with E-state index in [1.165, 1.54) is 13.2 Å². The molecule has 0 fully saturated rings. The summed E-state index contributed by atoms with van der Waals surface area (Å²) in [4.78, 5) is 0. The van der Waals surface area contributed by atoms with Crippen molar-refractivity contribution in [2.45, 2.75) is 19.4 Å². The summed E-state index contributed by atoms with van der Waals surface area (Å²) >= 11 is 3.31. The summed E-state index contributed by atoms with van der Waals surface area (Å²) in [6, 6.07) is 3.28. The summed E-state index contributed by atoms with van der Waals surface area (Å²) in [5.41, 5.74) is 0.702. The molecule has 4 heteroatoms. The summed E-state index contributed by atoms with van der Waals surface area (Å²) in [6.07, 6.45) is -0.0461. The van der Waals surface area contributed by atoms with Gasteiger partial charge in [0.15, 0.2) is 0 Å². The molecule has 1 atom stereocenters. The first-order valence-electron chi connectivity index (χ1n) is 4.28. The molecule has 78 valence electrons. The molecule has 0 aliphatic heterocycles. The van der Waals surface area contributed by atoms with Crippen LogP contribution >= 0.6 is 15.9 Å². The van der Waals surface area contributed by atoms with Crippen molar-refractivity contribution in [2.24, 2.45) is 0 Å². The molecule has 0 spiro atoms. The van der Waals surface area contributed by atoms with Crippen LogP contribution in [0.25, 0.3) is 0 Å². The van der Waals surface area contributed by atoms with Crippen molar-refractivity contribution in [3.8, 4) is 11.5 Å². The van der Waals surface area contributed by atoms with Gasteiger partial charge in [-0.05, 0) is 34.5 Å². The van der Waals surface area contributed by atoms with Gasteiger partial charge in [0.25, 0.3) is 0 Å². The number of aromatic hydroxyl groups is 1. The van der Waals surface area contributed by atoms with Gasteiger partial charge in [0.2, 0.25) is 0 Å². The molecule has 0 aliphatic rings. The van der Waals surface area contributed by atoms with E-state index in [4.69, 9.17) is 4.74 Å². The van der Waals surface area contributed by atoms with Crippen molar-refractivity contribution < 1.29 is 14.9 Å². The molecule has 2 N–H and O–H groups in total. The smallest absolute Gasteiger partial charge is 0.136 e. The van der Waals surface area contributed by atoms with Crippen molar-refractivity contribution in [3.63, 3.8) is 0 Å². The van der Waals surface area contributed by atoms with Crippen molar-refractivity contribution in [3.05, 3.63) is 22.2 Å². The van der Waals surface area contributed by atoms with E-state index in [2.05, 4.69) is 15.9 Å². The van der Waals surface area contributed by atoms with Crippen LogP contribution in [-0.4, -0.2) is 23.4 Å². The van der Waals surface area contributed by atoms with Crippen LogP contribution in [0.4, 0.5) is 0 Å². The van der Waals surface area contributed by atoms with Crippen LogP contribution in [0.15, 0.2) is 16.6 Å².